The molecule has 1 amide bonds. The molecule has 1 aromatic rings. The highest BCUT2D eigenvalue weighted by Crippen LogP contribution is 2.27. The molecule has 0 radical (unpaired) electrons. The molecule has 4 nitrogen and oxygen atoms in total. The Hall–Kier alpha value is -1.55. The van der Waals surface area contributed by atoms with Crippen LogP contribution in [-0.2, 0) is 0 Å². The predicted molar refractivity (Wildman–Crippen MR) is 85.8 cm³/mol. The number of carbonyl (C=O) groups is 1. The van der Waals surface area contributed by atoms with Crippen molar-refractivity contribution in [2.45, 2.75) is 32.7 Å². The lowest BCUT2D eigenvalue weighted by Gasteiger charge is -2.35. The normalized spacial score (nSPS) is 19.6. The lowest BCUT2D eigenvalue weighted by atomic mass is 10.1. The van der Waals surface area contributed by atoms with Crippen LogP contribution >= 0.6 is 0 Å². The first kappa shape index (κ1) is 14.4. The van der Waals surface area contributed by atoms with Gasteiger partial charge in [-0.2, -0.15) is 0 Å². The molecule has 0 unspecified atom stereocenters. The third-order valence-corrected chi connectivity index (χ3v) is 4.50. The molecule has 1 aliphatic carbocycles. The molecular weight excluding hydrogens is 262 g/mol. The van der Waals surface area contributed by atoms with Crippen LogP contribution in [0.25, 0.3) is 0 Å². The van der Waals surface area contributed by atoms with E-state index in [0.29, 0.717) is 0 Å². The number of nitrogens with one attached hydrogen (secondary N) is 1. The zero-order valence-corrected chi connectivity index (χ0v) is 13.1. The van der Waals surface area contributed by atoms with E-state index in [1.165, 1.54) is 12.8 Å². The second-order valence-electron chi connectivity index (χ2n) is 6.12. The van der Waals surface area contributed by atoms with E-state index in [1.807, 2.05) is 24.0 Å². The van der Waals surface area contributed by atoms with Crippen molar-refractivity contribution in [3.8, 4) is 0 Å². The Kier molecular flexibility index (Phi) is 4.15. The fraction of sp³-hybridized carbons (Fsp3) is 0.588. The summed E-state index contributed by atoms with van der Waals surface area (Å²) >= 11 is 0. The van der Waals surface area contributed by atoms with Crippen molar-refractivity contribution >= 4 is 11.6 Å². The molecule has 4 heteroatoms. The van der Waals surface area contributed by atoms with Gasteiger partial charge < -0.3 is 10.2 Å². The van der Waals surface area contributed by atoms with Crippen LogP contribution in [0, 0.1) is 6.92 Å². The minimum Gasteiger partial charge on any atom is -0.385 e. The van der Waals surface area contributed by atoms with Crippen LogP contribution in [0.15, 0.2) is 18.2 Å². The molecule has 1 aromatic carbocycles. The highest BCUT2D eigenvalue weighted by atomic mass is 16.2. The van der Waals surface area contributed by atoms with Gasteiger partial charge in [-0.05, 0) is 50.5 Å². The molecule has 1 N–H and O–H groups in total. The number of anilines is 1. The quantitative estimate of drug-likeness (QED) is 0.923. The van der Waals surface area contributed by atoms with Gasteiger partial charge in [0.15, 0.2) is 0 Å². The number of piperazine rings is 1. The van der Waals surface area contributed by atoms with Gasteiger partial charge in [0.05, 0.1) is 0 Å². The van der Waals surface area contributed by atoms with Gasteiger partial charge in [0.25, 0.3) is 5.91 Å². The second kappa shape index (κ2) is 6.06. The third kappa shape index (κ3) is 3.21. The minimum absolute atomic E-state index is 0.186. The Balaban J connectivity index is 1.64. The van der Waals surface area contributed by atoms with Crippen LogP contribution < -0.4 is 5.32 Å². The first-order chi connectivity index (χ1) is 10.2. The van der Waals surface area contributed by atoms with Gasteiger partial charge in [0.1, 0.15) is 0 Å². The van der Waals surface area contributed by atoms with E-state index in [-0.39, 0.29) is 5.91 Å². The van der Waals surface area contributed by atoms with E-state index in [0.717, 1.165) is 55.6 Å². The van der Waals surface area contributed by atoms with Crippen LogP contribution in [0.1, 0.15) is 35.7 Å². The zero-order valence-electron chi connectivity index (χ0n) is 13.1. The Morgan fingerprint density at radius 3 is 2.52 bits per heavy atom. The molecule has 2 fully saturated rings. The molecule has 1 aliphatic heterocycles. The third-order valence-electron chi connectivity index (χ3n) is 4.50. The van der Waals surface area contributed by atoms with E-state index in [1.54, 1.807) is 0 Å². The number of benzene rings is 1. The van der Waals surface area contributed by atoms with Crippen LogP contribution in [0.5, 0.6) is 0 Å². The number of carbonyl (C=O) groups excluding carboxylic acids is 1. The molecule has 0 spiro atoms. The van der Waals surface area contributed by atoms with Gasteiger partial charge >= 0.3 is 0 Å². The maximum Gasteiger partial charge on any atom is 0.254 e. The summed E-state index contributed by atoms with van der Waals surface area (Å²) in [5.41, 5.74) is 2.99. The molecule has 0 atom stereocenters. The van der Waals surface area contributed by atoms with Gasteiger partial charge in [-0.25, -0.2) is 0 Å². The highest BCUT2D eigenvalue weighted by molar-refractivity contribution is 5.96. The maximum atomic E-state index is 12.7. The van der Waals surface area contributed by atoms with Crippen molar-refractivity contribution < 1.29 is 4.79 Å². The fourth-order valence-electron chi connectivity index (χ4n) is 3.12. The molecule has 114 valence electrons. The van der Waals surface area contributed by atoms with Gasteiger partial charge in [-0.15, -0.1) is 0 Å². The van der Waals surface area contributed by atoms with E-state index < -0.39 is 0 Å². The molecule has 0 aromatic heterocycles. The highest BCUT2D eigenvalue weighted by Gasteiger charge is 2.32. The largest absolute Gasteiger partial charge is 0.385 e. The summed E-state index contributed by atoms with van der Waals surface area (Å²) in [5, 5.41) is 3.29. The van der Waals surface area contributed by atoms with Crippen LogP contribution in [0.3, 0.4) is 0 Å². The second-order valence-corrected chi connectivity index (χ2v) is 6.12. The van der Waals surface area contributed by atoms with E-state index in [4.69, 9.17) is 0 Å². The topological polar surface area (TPSA) is 35.6 Å². The molecule has 2 aliphatic rings. The molecule has 1 saturated heterocycles. The summed E-state index contributed by atoms with van der Waals surface area (Å²) in [6.07, 6.45) is 2.69. The van der Waals surface area contributed by atoms with Crippen LogP contribution in [0.4, 0.5) is 5.69 Å². The van der Waals surface area contributed by atoms with Gasteiger partial charge in [0, 0.05) is 50.0 Å². The van der Waals surface area contributed by atoms with E-state index in [9.17, 15) is 4.79 Å². The number of rotatable bonds is 4. The van der Waals surface area contributed by atoms with Crippen LogP contribution in [0.2, 0.25) is 0 Å². The monoisotopic (exact) mass is 287 g/mol. The number of hydrogen-bond donors (Lipinski definition) is 1. The summed E-state index contributed by atoms with van der Waals surface area (Å²) in [4.78, 5) is 17.2. The number of aryl methyl sites for hydroxylation is 1. The summed E-state index contributed by atoms with van der Waals surface area (Å²) in [6, 6.07) is 6.84. The summed E-state index contributed by atoms with van der Waals surface area (Å²) in [7, 11) is 0. The SMILES string of the molecule is CCNc1ccc(C(=O)N2CCN(C3CC3)CC2)c(C)c1. The maximum absolute atomic E-state index is 12.7. The van der Waals surface area contributed by atoms with Crippen molar-refractivity contribution in [1.29, 1.82) is 0 Å². The Morgan fingerprint density at radius 2 is 1.95 bits per heavy atom. The summed E-state index contributed by atoms with van der Waals surface area (Å²) in [6.45, 7) is 8.79. The first-order valence-corrected chi connectivity index (χ1v) is 8.07. The molecule has 1 saturated carbocycles. The van der Waals surface area contributed by atoms with Crippen molar-refractivity contribution in [3.05, 3.63) is 29.3 Å². The molecule has 3 rings (SSSR count). The van der Waals surface area contributed by atoms with Crippen molar-refractivity contribution in [3.63, 3.8) is 0 Å². The lowest BCUT2D eigenvalue weighted by molar-refractivity contribution is 0.0626. The van der Waals surface area contributed by atoms with Gasteiger partial charge in [-0.1, -0.05) is 0 Å². The van der Waals surface area contributed by atoms with E-state index >= 15 is 0 Å². The molecular formula is C17H25N3O. The average Bonchev–Trinajstić information content (AvgIpc) is 3.32. The molecule has 1 heterocycles. The average molecular weight is 287 g/mol. The van der Waals surface area contributed by atoms with Crippen molar-refractivity contribution in [1.82, 2.24) is 9.80 Å². The van der Waals surface area contributed by atoms with Gasteiger partial charge in [-0.3, -0.25) is 9.69 Å². The smallest absolute Gasteiger partial charge is 0.254 e. The molecule has 21 heavy (non-hydrogen) atoms. The number of hydrogen-bond acceptors (Lipinski definition) is 3. The van der Waals surface area contributed by atoms with Crippen molar-refractivity contribution in [2.24, 2.45) is 0 Å². The summed E-state index contributed by atoms with van der Waals surface area (Å²) in [5.74, 6) is 0.186. The number of amides is 1. The van der Waals surface area contributed by atoms with Crippen LogP contribution in [-0.4, -0.2) is 54.5 Å². The first-order valence-electron chi connectivity index (χ1n) is 8.07. The Morgan fingerprint density at radius 1 is 1.24 bits per heavy atom. The standard InChI is InChI=1S/C17H25N3O/c1-3-18-14-4-7-16(13(2)12-14)17(21)20-10-8-19(9-11-20)15-5-6-15/h4,7,12,15,18H,3,5-6,8-11H2,1-2H3. The molecule has 0 bridgehead atoms. The zero-order chi connectivity index (χ0) is 14.8. The van der Waals surface area contributed by atoms with E-state index in [2.05, 4.69) is 23.2 Å². The summed E-state index contributed by atoms with van der Waals surface area (Å²) < 4.78 is 0. The Labute approximate surface area is 127 Å². The van der Waals surface area contributed by atoms with Crippen molar-refractivity contribution in [2.75, 3.05) is 38.0 Å². The lowest BCUT2D eigenvalue weighted by Crippen LogP contribution is -2.49. The fourth-order valence-corrected chi connectivity index (χ4v) is 3.12. The predicted octanol–water partition coefficient (Wildman–Crippen LogP) is 2.35. The van der Waals surface area contributed by atoms with Gasteiger partial charge in [0.2, 0.25) is 0 Å². The Bertz CT molecular complexity index is 517. The minimum atomic E-state index is 0.186. The number of nitrogens with zero attached hydrogens (tertiary/aromatic N) is 2.